The first kappa shape index (κ1) is 12.6. The van der Waals surface area contributed by atoms with Crippen LogP contribution in [0.15, 0.2) is 4.52 Å². The SMILES string of the molecule is CCOC(C)c1noc(COCC(=O)O)n1. The van der Waals surface area contributed by atoms with Crippen molar-refractivity contribution >= 4 is 5.97 Å². The molecule has 0 fully saturated rings. The summed E-state index contributed by atoms with van der Waals surface area (Å²) >= 11 is 0. The van der Waals surface area contributed by atoms with Gasteiger partial charge in [0.15, 0.2) is 5.82 Å². The Labute approximate surface area is 92.4 Å². The Morgan fingerprint density at radius 3 is 3.00 bits per heavy atom. The largest absolute Gasteiger partial charge is 0.480 e. The summed E-state index contributed by atoms with van der Waals surface area (Å²) in [7, 11) is 0. The van der Waals surface area contributed by atoms with E-state index in [4.69, 9.17) is 19.1 Å². The molecule has 0 aliphatic carbocycles. The number of hydrogen-bond donors (Lipinski definition) is 1. The van der Waals surface area contributed by atoms with Gasteiger partial charge in [-0.25, -0.2) is 4.79 Å². The third-order valence-electron chi connectivity index (χ3n) is 1.72. The van der Waals surface area contributed by atoms with E-state index in [1.54, 1.807) is 6.92 Å². The van der Waals surface area contributed by atoms with Crippen LogP contribution in [0.3, 0.4) is 0 Å². The molecule has 1 heterocycles. The maximum atomic E-state index is 10.2. The Morgan fingerprint density at radius 2 is 2.38 bits per heavy atom. The lowest BCUT2D eigenvalue weighted by molar-refractivity contribution is -0.142. The number of carboxylic acid groups (broad SMARTS) is 1. The fraction of sp³-hybridized carbons (Fsp3) is 0.667. The monoisotopic (exact) mass is 230 g/mol. The fourth-order valence-electron chi connectivity index (χ4n) is 1.04. The molecule has 1 rings (SSSR count). The van der Waals surface area contributed by atoms with Crippen molar-refractivity contribution in [2.45, 2.75) is 26.6 Å². The highest BCUT2D eigenvalue weighted by molar-refractivity contribution is 5.67. The lowest BCUT2D eigenvalue weighted by atomic mass is 10.4. The zero-order chi connectivity index (χ0) is 12.0. The number of carboxylic acids is 1. The predicted molar refractivity (Wildman–Crippen MR) is 51.6 cm³/mol. The minimum atomic E-state index is -1.04. The molecule has 0 saturated heterocycles. The van der Waals surface area contributed by atoms with Crippen molar-refractivity contribution in [3.8, 4) is 0 Å². The van der Waals surface area contributed by atoms with E-state index in [1.807, 2.05) is 6.92 Å². The summed E-state index contributed by atoms with van der Waals surface area (Å²) in [6, 6.07) is 0. The number of ether oxygens (including phenoxy) is 2. The molecule has 7 heteroatoms. The topological polar surface area (TPSA) is 94.7 Å². The Hall–Kier alpha value is -1.47. The molecule has 1 atom stereocenters. The van der Waals surface area contributed by atoms with E-state index < -0.39 is 12.6 Å². The van der Waals surface area contributed by atoms with Gasteiger partial charge in [0.25, 0.3) is 5.89 Å². The van der Waals surface area contributed by atoms with Crippen molar-refractivity contribution in [3.05, 3.63) is 11.7 Å². The summed E-state index contributed by atoms with van der Waals surface area (Å²) in [4.78, 5) is 14.2. The molecule has 1 aromatic heterocycles. The van der Waals surface area contributed by atoms with Crippen molar-refractivity contribution in [1.29, 1.82) is 0 Å². The molecule has 1 unspecified atom stereocenters. The highest BCUT2D eigenvalue weighted by Gasteiger charge is 2.13. The van der Waals surface area contributed by atoms with Gasteiger partial charge in [0.05, 0.1) is 0 Å². The highest BCUT2D eigenvalue weighted by Crippen LogP contribution is 2.12. The normalized spacial score (nSPS) is 12.6. The zero-order valence-corrected chi connectivity index (χ0v) is 9.17. The molecule has 7 nitrogen and oxygen atoms in total. The van der Waals surface area contributed by atoms with Gasteiger partial charge in [0, 0.05) is 6.61 Å². The van der Waals surface area contributed by atoms with Crippen LogP contribution >= 0.6 is 0 Å². The molecule has 16 heavy (non-hydrogen) atoms. The van der Waals surface area contributed by atoms with Gasteiger partial charge in [0.1, 0.15) is 19.3 Å². The number of rotatable bonds is 7. The zero-order valence-electron chi connectivity index (χ0n) is 9.17. The van der Waals surface area contributed by atoms with Crippen molar-refractivity contribution in [2.24, 2.45) is 0 Å². The first-order chi connectivity index (χ1) is 7.63. The molecule has 1 N–H and O–H groups in total. The van der Waals surface area contributed by atoms with E-state index in [9.17, 15) is 4.79 Å². The van der Waals surface area contributed by atoms with Gasteiger partial charge >= 0.3 is 5.97 Å². The van der Waals surface area contributed by atoms with Crippen LogP contribution in [-0.2, 0) is 20.9 Å². The molecule has 1 aromatic rings. The summed E-state index contributed by atoms with van der Waals surface area (Å²) in [5.74, 6) is -0.374. The standard InChI is InChI=1S/C9H14N2O5/c1-3-15-6(2)9-10-7(16-11-9)4-14-5-8(12)13/h6H,3-5H2,1-2H3,(H,12,13). The van der Waals surface area contributed by atoms with Crippen molar-refractivity contribution in [1.82, 2.24) is 10.1 Å². The Bertz CT molecular complexity index is 338. The molecule has 0 aliphatic rings. The van der Waals surface area contributed by atoms with Gasteiger partial charge in [-0.15, -0.1) is 0 Å². The van der Waals surface area contributed by atoms with Crippen LogP contribution in [0, 0.1) is 0 Å². The summed E-state index contributed by atoms with van der Waals surface area (Å²) in [6.07, 6.45) is -0.248. The van der Waals surface area contributed by atoms with E-state index in [0.717, 1.165) is 0 Å². The number of aliphatic carboxylic acids is 1. The van der Waals surface area contributed by atoms with E-state index in [-0.39, 0.29) is 18.6 Å². The fourth-order valence-corrected chi connectivity index (χ4v) is 1.04. The molecule has 0 aliphatic heterocycles. The highest BCUT2D eigenvalue weighted by atomic mass is 16.5. The van der Waals surface area contributed by atoms with E-state index >= 15 is 0 Å². The Kier molecular flexibility index (Phi) is 4.87. The Morgan fingerprint density at radius 1 is 1.62 bits per heavy atom. The summed E-state index contributed by atoms with van der Waals surface area (Å²) in [5.41, 5.74) is 0. The summed E-state index contributed by atoms with van der Waals surface area (Å²) < 4.78 is 14.9. The summed E-state index contributed by atoms with van der Waals surface area (Å²) in [5, 5.41) is 12.0. The minimum absolute atomic E-state index is 0.0157. The molecule has 0 aromatic carbocycles. The molecular weight excluding hydrogens is 216 g/mol. The van der Waals surface area contributed by atoms with Gasteiger partial charge in [-0.2, -0.15) is 4.98 Å². The molecular formula is C9H14N2O5. The van der Waals surface area contributed by atoms with Crippen LogP contribution in [0.1, 0.15) is 31.7 Å². The number of nitrogens with zero attached hydrogens (tertiary/aromatic N) is 2. The van der Waals surface area contributed by atoms with Gasteiger partial charge in [-0.1, -0.05) is 5.16 Å². The Balaban J connectivity index is 2.41. The number of aromatic nitrogens is 2. The lowest BCUT2D eigenvalue weighted by Crippen LogP contribution is -2.07. The second-order valence-electron chi connectivity index (χ2n) is 3.03. The van der Waals surface area contributed by atoms with Crippen LogP contribution in [0.25, 0.3) is 0 Å². The second kappa shape index (κ2) is 6.19. The molecule has 0 spiro atoms. The molecule has 0 radical (unpaired) electrons. The lowest BCUT2D eigenvalue weighted by Gasteiger charge is -2.04. The number of carbonyl (C=O) groups is 1. The molecule has 0 amide bonds. The quantitative estimate of drug-likeness (QED) is 0.739. The van der Waals surface area contributed by atoms with Gasteiger partial charge in [-0.3, -0.25) is 0 Å². The smallest absolute Gasteiger partial charge is 0.329 e. The van der Waals surface area contributed by atoms with E-state index in [1.165, 1.54) is 0 Å². The number of hydrogen-bond acceptors (Lipinski definition) is 6. The minimum Gasteiger partial charge on any atom is -0.480 e. The van der Waals surface area contributed by atoms with Crippen LogP contribution in [0.4, 0.5) is 0 Å². The van der Waals surface area contributed by atoms with Crippen LogP contribution in [0.2, 0.25) is 0 Å². The van der Waals surface area contributed by atoms with Gasteiger partial charge in [-0.05, 0) is 13.8 Å². The van der Waals surface area contributed by atoms with E-state index in [0.29, 0.717) is 12.4 Å². The third-order valence-corrected chi connectivity index (χ3v) is 1.72. The van der Waals surface area contributed by atoms with Crippen LogP contribution < -0.4 is 0 Å². The van der Waals surface area contributed by atoms with Crippen molar-refractivity contribution in [2.75, 3.05) is 13.2 Å². The average Bonchev–Trinajstić information content (AvgIpc) is 2.66. The van der Waals surface area contributed by atoms with Crippen molar-refractivity contribution < 1.29 is 23.9 Å². The maximum absolute atomic E-state index is 10.2. The molecule has 0 saturated carbocycles. The first-order valence-corrected chi connectivity index (χ1v) is 4.87. The van der Waals surface area contributed by atoms with Crippen LogP contribution in [0.5, 0.6) is 0 Å². The van der Waals surface area contributed by atoms with Crippen LogP contribution in [-0.4, -0.2) is 34.4 Å². The molecule has 90 valence electrons. The maximum Gasteiger partial charge on any atom is 0.329 e. The molecule has 0 bridgehead atoms. The van der Waals surface area contributed by atoms with Gasteiger partial charge in [0.2, 0.25) is 0 Å². The third kappa shape index (κ3) is 3.95. The van der Waals surface area contributed by atoms with E-state index in [2.05, 4.69) is 10.1 Å². The second-order valence-corrected chi connectivity index (χ2v) is 3.03. The predicted octanol–water partition coefficient (Wildman–Crippen LogP) is 0.768. The first-order valence-electron chi connectivity index (χ1n) is 4.87. The van der Waals surface area contributed by atoms with Crippen molar-refractivity contribution in [3.63, 3.8) is 0 Å². The van der Waals surface area contributed by atoms with Gasteiger partial charge < -0.3 is 19.1 Å². The summed E-state index contributed by atoms with van der Waals surface area (Å²) in [6.45, 7) is 3.82. The average molecular weight is 230 g/mol.